The van der Waals surface area contributed by atoms with E-state index in [0.717, 1.165) is 5.56 Å². The minimum absolute atomic E-state index is 0.0818. The Morgan fingerprint density at radius 3 is 2.08 bits per heavy atom. The van der Waals surface area contributed by atoms with Gasteiger partial charge in [0.2, 0.25) is 17.7 Å². The summed E-state index contributed by atoms with van der Waals surface area (Å²) in [4.78, 5) is 45.2. The highest BCUT2D eigenvalue weighted by atomic mass is 16.4. The molecule has 0 aromatic heterocycles. The first-order valence-corrected chi connectivity index (χ1v) is 7.44. The Labute approximate surface area is 139 Å². The average Bonchev–Trinajstić information content (AvgIpc) is 2.52. The van der Waals surface area contributed by atoms with E-state index in [2.05, 4.69) is 10.6 Å². The van der Waals surface area contributed by atoms with Crippen LogP contribution in [0.3, 0.4) is 0 Å². The highest BCUT2D eigenvalue weighted by Crippen LogP contribution is 2.11. The molecule has 0 aliphatic rings. The van der Waals surface area contributed by atoms with Crippen LogP contribution >= 0.6 is 0 Å². The molecule has 2 atom stereocenters. The number of carbonyl (C=O) groups excluding carboxylic acids is 3. The van der Waals surface area contributed by atoms with E-state index in [-0.39, 0.29) is 24.8 Å². The molecule has 24 heavy (non-hydrogen) atoms. The first-order chi connectivity index (χ1) is 11.3. The van der Waals surface area contributed by atoms with Gasteiger partial charge in [-0.1, -0.05) is 30.3 Å². The smallest absolute Gasteiger partial charge is 0.305 e. The van der Waals surface area contributed by atoms with Gasteiger partial charge in [-0.2, -0.15) is 0 Å². The molecule has 1 aromatic rings. The van der Waals surface area contributed by atoms with E-state index < -0.39 is 30.2 Å². The Bertz CT molecular complexity index is 603. The minimum atomic E-state index is -1.29. The number of amides is 3. The lowest BCUT2D eigenvalue weighted by atomic mass is 10.1. The molecule has 1 rings (SSSR count). The molecule has 1 aromatic carbocycles. The van der Waals surface area contributed by atoms with Crippen LogP contribution in [0.1, 0.15) is 37.8 Å². The van der Waals surface area contributed by atoms with Crippen molar-refractivity contribution in [3.63, 3.8) is 0 Å². The molecule has 0 unspecified atom stereocenters. The van der Waals surface area contributed by atoms with Gasteiger partial charge in [0.25, 0.3) is 0 Å². The monoisotopic (exact) mass is 335 g/mol. The third kappa shape index (κ3) is 6.91. The maximum atomic E-state index is 11.9. The van der Waals surface area contributed by atoms with Gasteiger partial charge < -0.3 is 21.5 Å². The third-order valence-electron chi connectivity index (χ3n) is 3.31. The molecule has 0 fully saturated rings. The van der Waals surface area contributed by atoms with Crippen molar-refractivity contribution in [2.75, 3.05) is 0 Å². The molecule has 130 valence electrons. The minimum Gasteiger partial charge on any atom is -0.481 e. The third-order valence-corrected chi connectivity index (χ3v) is 3.31. The summed E-state index contributed by atoms with van der Waals surface area (Å²) in [5.41, 5.74) is 5.96. The molecule has 0 aliphatic carbocycles. The van der Waals surface area contributed by atoms with Gasteiger partial charge in [0, 0.05) is 12.8 Å². The van der Waals surface area contributed by atoms with Gasteiger partial charge in [-0.25, -0.2) is 0 Å². The maximum Gasteiger partial charge on any atom is 0.305 e. The zero-order valence-corrected chi connectivity index (χ0v) is 13.3. The number of aliphatic carboxylic acids is 1. The number of hydrogen-bond acceptors (Lipinski definition) is 4. The Balaban J connectivity index is 2.41. The molecule has 0 radical (unpaired) electrons. The Morgan fingerprint density at radius 1 is 1.04 bits per heavy atom. The number of carbonyl (C=O) groups is 4. The summed E-state index contributed by atoms with van der Waals surface area (Å²) < 4.78 is 0. The lowest BCUT2D eigenvalue weighted by molar-refractivity contribution is -0.140. The van der Waals surface area contributed by atoms with E-state index in [4.69, 9.17) is 10.8 Å². The van der Waals surface area contributed by atoms with Crippen molar-refractivity contribution in [2.45, 2.75) is 38.3 Å². The van der Waals surface area contributed by atoms with E-state index in [0.29, 0.717) is 0 Å². The molecule has 8 heteroatoms. The van der Waals surface area contributed by atoms with E-state index in [1.807, 2.05) is 37.3 Å². The van der Waals surface area contributed by atoms with Crippen LogP contribution in [-0.4, -0.2) is 34.8 Å². The van der Waals surface area contributed by atoms with Crippen LogP contribution in [0.5, 0.6) is 0 Å². The van der Waals surface area contributed by atoms with Crippen LogP contribution in [-0.2, 0) is 19.2 Å². The predicted octanol–water partition coefficient (Wildman–Crippen LogP) is 0.0888. The van der Waals surface area contributed by atoms with Crippen LogP contribution < -0.4 is 16.4 Å². The second kappa shape index (κ2) is 9.29. The molecule has 0 saturated carbocycles. The molecule has 3 amide bonds. The number of nitrogens with two attached hydrogens (primary N) is 1. The van der Waals surface area contributed by atoms with Gasteiger partial charge in [0.1, 0.15) is 6.04 Å². The maximum absolute atomic E-state index is 11.9. The number of primary amides is 1. The highest BCUT2D eigenvalue weighted by molar-refractivity contribution is 5.90. The van der Waals surface area contributed by atoms with Crippen molar-refractivity contribution in [3.8, 4) is 0 Å². The van der Waals surface area contributed by atoms with E-state index in [1.165, 1.54) is 0 Å². The first kappa shape index (κ1) is 19.1. The van der Waals surface area contributed by atoms with Gasteiger partial charge in [0.05, 0.1) is 12.5 Å². The van der Waals surface area contributed by atoms with E-state index >= 15 is 0 Å². The second-order valence-corrected chi connectivity index (χ2v) is 5.32. The zero-order valence-electron chi connectivity index (χ0n) is 13.3. The Kier molecular flexibility index (Phi) is 7.41. The normalized spacial score (nSPS) is 12.7. The standard InChI is InChI=1S/C16H21N3O5/c1-10(11-5-3-2-4-6-11)18-13(20)7-8-14(21)19-12(16(17)24)9-15(22)23/h2-6,10,12H,7-9H2,1H3,(H2,17,24)(H,18,20)(H,19,21)(H,22,23)/t10-,12-/m1/s1. The fourth-order valence-electron chi connectivity index (χ4n) is 2.03. The van der Waals surface area contributed by atoms with E-state index in [9.17, 15) is 19.2 Å². The van der Waals surface area contributed by atoms with Gasteiger partial charge in [0.15, 0.2) is 0 Å². The van der Waals surface area contributed by atoms with Gasteiger partial charge in [-0.05, 0) is 12.5 Å². The molecular weight excluding hydrogens is 314 g/mol. The molecule has 0 spiro atoms. The Hall–Kier alpha value is -2.90. The number of nitrogens with one attached hydrogen (secondary N) is 2. The molecule has 5 N–H and O–H groups in total. The van der Waals surface area contributed by atoms with Crippen molar-refractivity contribution in [2.24, 2.45) is 5.73 Å². The van der Waals surface area contributed by atoms with Crippen molar-refractivity contribution in [3.05, 3.63) is 35.9 Å². The summed E-state index contributed by atoms with van der Waals surface area (Å²) in [6, 6.07) is 7.85. The van der Waals surface area contributed by atoms with Crippen molar-refractivity contribution in [1.82, 2.24) is 10.6 Å². The second-order valence-electron chi connectivity index (χ2n) is 5.32. The predicted molar refractivity (Wildman–Crippen MR) is 85.6 cm³/mol. The quantitative estimate of drug-likeness (QED) is 0.506. The summed E-state index contributed by atoms with van der Waals surface area (Å²) in [7, 11) is 0. The van der Waals surface area contributed by atoms with Crippen LogP contribution in [0, 0.1) is 0 Å². The van der Waals surface area contributed by atoms with Crippen molar-refractivity contribution in [1.29, 1.82) is 0 Å². The summed E-state index contributed by atoms with van der Waals surface area (Å²) in [6.07, 6.45) is -0.851. The molecule has 0 aliphatic heterocycles. The van der Waals surface area contributed by atoms with Gasteiger partial charge in [-0.3, -0.25) is 19.2 Å². The fourth-order valence-corrected chi connectivity index (χ4v) is 2.03. The summed E-state index contributed by atoms with van der Waals surface area (Å²) >= 11 is 0. The Morgan fingerprint density at radius 2 is 1.58 bits per heavy atom. The lowest BCUT2D eigenvalue weighted by Gasteiger charge is -2.15. The van der Waals surface area contributed by atoms with Gasteiger partial charge in [-0.15, -0.1) is 0 Å². The highest BCUT2D eigenvalue weighted by Gasteiger charge is 2.21. The average molecular weight is 335 g/mol. The SMILES string of the molecule is C[C@@H](NC(=O)CCC(=O)N[C@H](CC(=O)O)C(N)=O)c1ccccc1. The lowest BCUT2D eigenvalue weighted by Crippen LogP contribution is -2.45. The van der Waals surface area contributed by atoms with E-state index in [1.54, 1.807) is 0 Å². The van der Waals surface area contributed by atoms with Gasteiger partial charge >= 0.3 is 5.97 Å². The zero-order chi connectivity index (χ0) is 18.1. The molecule has 0 bridgehead atoms. The van der Waals surface area contributed by atoms with Crippen molar-refractivity contribution >= 4 is 23.7 Å². The summed E-state index contributed by atoms with van der Waals surface area (Å²) in [6.45, 7) is 1.82. The van der Waals surface area contributed by atoms with Crippen LogP contribution in [0.15, 0.2) is 30.3 Å². The summed E-state index contributed by atoms with van der Waals surface area (Å²) in [5.74, 6) is -3.13. The fraction of sp³-hybridized carbons (Fsp3) is 0.375. The molecular formula is C16H21N3O5. The van der Waals surface area contributed by atoms with Crippen LogP contribution in [0.4, 0.5) is 0 Å². The largest absolute Gasteiger partial charge is 0.481 e. The molecule has 8 nitrogen and oxygen atoms in total. The van der Waals surface area contributed by atoms with Crippen LogP contribution in [0.2, 0.25) is 0 Å². The van der Waals surface area contributed by atoms with Crippen molar-refractivity contribution < 1.29 is 24.3 Å². The first-order valence-electron chi connectivity index (χ1n) is 7.44. The number of carboxylic acid groups (broad SMARTS) is 1. The number of hydrogen-bond donors (Lipinski definition) is 4. The molecule has 0 saturated heterocycles. The molecule has 0 heterocycles. The topological polar surface area (TPSA) is 139 Å². The number of benzene rings is 1. The number of rotatable bonds is 9. The number of carboxylic acids is 1. The van der Waals surface area contributed by atoms with Crippen LogP contribution in [0.25, 0.3) is 0 Å². The summed E-state index contributed by atoms with van der Waals surface area (Å²) in [5, 5.41) is 13.6.